The zero-order valence-electron chi connectivity index (χ0n) is 14.1. The number of pyridine rings is 1. The molecular weight excluding hydrogens is 340 g/mol. The first-order valence-corrected chi connectivity index (χ1v) is 8.47. The fourth-order valence-electron chi connectivity index (χ4n) is 3.02. The van der Waals surface area contributed by atoms with Gasteiger partial charge < -0.3 is 10.2 Å². The van der Waals surface area contributed by atoms with E-state index in [2.05, 4.69) is 10.3 Å². The van der Waals surface area contributed by atoms with Crippen LogP contribution in [0.15, 0.2) is 42.7 Å². The maximum Gasteiger partial charge on any atom is 0.255 e. The number of aromatic nitrogens is 1. The van der Waals surface area contributed by atoms with Crippen LogP contribution in [0.4, 0.5) is 8.78 Å². The standard InChI is InChI=1S/C19H19F2N3O2/c20-15-3-4-16(17(21)10-15)18(25)23-11-13-5-8-24(9-6-13)19(26)14-2-1-7-22-12-14/h1-4,7,10,12-13H,5-6,8-9,11H2,(H,23,25). The molecule has 136 valence electrons. The molecule has 0 unspecified atom stereocenters. The average Bonchev–Trinajstić information content (AvgIpc) is 2.66. The molecule has 7 heteroatoms. The molecule has 1 aliphatic heterocycles. The van der Waals surface area contributed by atoms with E-state index in [0.29, 0.717) is 31.3 Å². The number of amides is 2. The molecule has 2 aromatic rings. The summed E-state index contributed by atoms with van der Waals surface area (Å²) in [4.78, 5) is 30.1. The van der Waals surface area contributed by atoms with Crippen molar-refractivity contribution in [1.82, 2.24) is 15.2 Å². The Morgan fingerprint density at radius 2 is 1.96 bits per heavy atom. The molecule has 26 heavy (non-hydrogen) atoms. The highest BCUT2D eigenvalue weighted by Crippen LogP contribution is 2.18. The number of piperidine rings is 1. The molecule has 0 aliphatic carbocycles. The molecule has 1 saturated heterocycles. The van der Waals surface area contributed by atoms with Crippen molar-refractivity contribution in [2.45, 2.75) is 12.8 Å². The minimum Gasteiger partial charge on any atom is -0.352 e. The van der Waals surface area contributed by atoms with E-state index < -0.39 is 17.5 Å². The third-order valence-electron chi connectivity index (χ3n) is 4.54. The van der Waals surface area contributed by atoms with Crippen molar-refractivity contribution in [3.8, 4) is 0 Å². The lowest BCUT2D eigenvalue weighted by molar-refractivity contribution is 0.0683. The van der Waals surface area contributed by atoms with Gasteiger partial charge in [0, 0.05) is 38.1 Å². The Kier molecular flexibility index (Phi) is 5.55. The van der Waals surface area contributed by atoms with Crippen LogP contribution in [-0.4, -0.2) is 41.3 Å². The van der Waals surface area contributed by atoms with Crippen LogP contribution in [0.25, 0.3) is 0 Å². The molecule has 2 amide bonds. The van der Waals surface area contributed by atoms with Crippen LogP contribution in [0.2, 0.25) is 0 Å². The quantitative estimate of drug-likeness (QED) is 0.913. The summed E-state index contributed by atoms with van der Waals surface area (Å²) in [6, 6.07) is 6.34. The maximum atomic E-state index is 13.6. The van der Waals surface area contributed by atoms with E-state index in [-0.39, 0.29) is 17.4 Å². The van der Waals surface area contributed by atoms with Crippen molar-refractivity contribution in [3.63, 3.8) is 0 Å². The molecule has 0 spiro atoms. The van der Waals surface area contributed by atoms with Crippen molar-refractivity contribution < 1.29 is 18.4 Å². The highest BCUT2D eigenvalue weighted by atomic mass is 19.1. The van der Waals surface area contributed by atoms with Gasteiger partial charge in [0.2, 0.25) is 0 Å². The second-order valence-electron chi connectivity index (χ2n) is 6.31. The van der Waals surface area contributed by atoms with Gasteiger partial charge in [0.05, 0.1) is 11.1 Å². The number of hydrogen-bond donors (Lipinski definition) is 1. The summed E-state index contributed by atoms with van der Waals surface area (Å²) in [5, 5.41) is 2.69. The van der Waals surface area contributed by atoms with Crippen LogP contribution < -0.4 is 5.32 Å². The summed E-state index contributed by atoms with van der Waals surface area (Å²) in [6.07, 6.45) is 4.66. The monoisotopic (exact) mass is 359 g/mol. The van der Waals surface area contributed by atoms with Crippen molar-refractivity contribution >= 4 is 11.8 Å². The third kappa shape index (κ3) is 4.22. The Labute approximate surface area is 150 Å². The van der Waals surface area contributed by atoms with Crippen molar-refractivity contribution in [3.05, 3.63) is 65.5 Å². The lowest BCUT2D eigenvalue weighted by atomic mass is 9.96. The van der Waals surface area contributed by atoms with Gasteiger partial charge in [0.25, 0.3) is 11.8 Å². The molecule has 0 saturated carbocycles. The number of benzene rings is 1. The van der Waals surface area contributed by atoms with Gasteiger partial charge in [-0.05, 0) is 43.0 Å². The minimum atomic E-state index is -0.876. The van der Waals surface area contributed by atoms with E-state index in [0.717, 1.165) is 25.0 Å². The van der Waals surface area contributed by atoms with Gasteiger partial charge in [-0.2, -0.15) is 0 Å². The largest absolute Gasteiger partial charge is 0.352 e. The Morgan fingerprint density at radius 3 is 2.62 bits per heavy atom. The predicted octanol–water partition coefficient (Wildman–Crippen LogP) is 2.64. The van der Waals surface area contributed by atoms with Gasteiger partial charge in [0.15, 0.2) is 0 Å². The summed E-state index contributed by atoms with van der Waals surface area (Å²) in [5.74, 6) is -1.99. The fraction of sp³-hybridized carbons (Fsp3) is 0.316. The molecule has 1 fully saturated rings. The van der Waals surface area contributed by atoms with Gasteiger partial charge >= 0.3 is 0 Å². The van der Waals surface area contributed by atoms with Gasteiger partial charge in [0.1, 0.15) is 11.6 Å². The molecule has 2 heterocycles. The highest BCUT2D eigenvalue weighted by molar-refractivity contribution is 5.94. The Bertz CT molecular complexity index is 791. The summed E-state index contributed by atoms with van der Waals surface area (Å²) in [6.45, 7) is 1.59. The summed E-state index contributed by atoms with van der Waals surface area (Å²) < 4.78 is 26.5. The zero-order chi connectivity index (χ0) is 18.5. The van der Waals surface area contributed by atoms with Crippen molar-refractivity contribution in [1.29, 1.82) is 0 Å². The second-order valence-corrected chi connectivity index (χ2v) is 6.31. The first-order valence-electron chi connectivity index (χ1n) is 8.47. The first-order chi connectivity index (χ1) is 12.5. The molecule has 0 radical (unpaired) electrons. The number of hydrogen-bond acceptors (Lipinski definition) is 3. The number of nitrogens with one attached hydrogen (secondary N) is 1. The van der Waals surface area contributed by atoms with E-state index >= 15 is 0 Å². The van der Waals surface area contributed by atoms with Crippen LogP contribution in [0, 0.1) is 17.6 Å². The smallest absolute Gasteiger partial charge is 0.255 e. The van der Waals surface area contributed by atoms with Gasteiger partial charge in [-0.1, -0.05) is 0 Å². The molecule has 5 nitrogen and oxygen atoms in total. The summed E-state index contributed by atoms with van der Waals surface area (Å²) >= 11 is 0. The zero-order valence-corrected chi connectivity index (χ0v) is 14.1. The molecule has 3 rings (SSSR count). The molecular formula is C19H19F2N3O2. The van der Waals surface area contributed by atoms with Crippen LogP contribution >= 0.6 is 0 Å². The number of rotatable bonds is 4. The van der Waals surface area contributed by atoms with Crippen molar-refractivity contribution in [2.24, 2.45) is 5.92 Å². The molecule has 1 N–H and O–H groups in total. The van der Waals surface area contributed by atoms with Gasteiger partial charge in [-0.15, -0.1) is 0 Å². The number of carbonyl (C=O) groups excluding carboxylic acids is 2. The van der Waals surface area contributed by atoms with Crippen LogP contribution in [0.1, 0.15) is 33.6 Å². The van der Waals surface area contributed by atoms with E-state index in [4.69, 9.17) is 0 Å². The van der Waals surface area contributed by atoms with Gasteiger partial charge in [-0.25, -0.2) is 8.78 Å². The van der Waals surface area contributed by atoms with Crippen LogP contribution in [0.5, 0.6) is 0 Å². The lowest BCUT2D eigenvalue weighted by Crippen LogP contribution is -2.41. The van der Waals surface area contributed by atoms with Gasteiger partial charge in [-0.3, -0.25) is 14.6 Å². The van der Waals surface area contributed by atoms with E-state index in [1.54, 1.807) is 29.4 Å². The fourth-order valence-corrected chi connectivity index (χ4v) is 3.02. The highest BCUT2D eigenvalue weighted by Gasteiger charge is 2.24. The van der Waals surface area contributed by atoms with Crippen LogP contribution in [-0.2, 0) is 0 Å². The first kappa shape index (κ1) is 18.0. The number of carbonyl (C=O) groups is 2. The topological polar surface area (TPSA) is 62.3 Å². The third-order valence-corrected chi connectivity index (χ3v) is 4.54. The van der Waals surface area contributed by atoms with E-state index in [1.807, 2.05) is 0 Å². The number of likely N-dealkylation sites (tertiary alicyclic amines) is 1. The Hall–Kier alpha value is -2.83. The SMILES string of the molecule is O=C(NCC1CCN(C(=O)c2cccnc2)CC1)c1ccc(F)cc1F. The summed E-state index contributed by atoms with van der Waals surface area (Å²) in [5.41, 5.74) is 0.390. The number of nitrogens with zero attached hydrogens (tertiary/aromatic N) is 2. The molecule has 1 aliphatic rings. The Balaban J connectivity index is 1.48. The van der Waals surface area contributed by atoms with E-state index in [9.17, 15) is 18.4 Å². The summed E-state index contributed by atoms with van der Waals surface area (Å²) in [7, 11) is 0. The second kappa shape index (κ2) is 8.03. The molecule has 1 aromatic carbocycles. The number of halogens is 2. The van der Waals surface area contributed by atoms with Crippen molar-refractivity contribution in [2.75, 3.05) is 19.6 Å². The minimum absolute atomic E-state index is 0.0473. The Morgan fingerprint density at radius 1 is 1.19 bits per heavy atom. The van der Waals surface area contributed by atoms with E-state index in [1.165, 1.54) is 0 Å². The predicted molar refractivity (Wildman–Crippen MR) is 91.6 cm³/mol. The molecule has 1 aromatic heterocycles. The van der Waals surface area contributed by atoms with Crippen LogP contribution in [0.3, 0.4) is 0 Å². The lowest BCUT2D eigenvalue weighted by Gasteiger charge is -2.32. The normalized spacial score (nSPS) is 14.9. The average molecular weight is 359 g/mol. The molecule has 0 atom stereocenters. The maximum absolute atomic E-state index is 13.6. The molecule has 0 bridgehead atoms.